The van der Waals surface area contributed by atoms with Crippen molar-refractivity contribution in [3.8, 4) is 0 Å². The Morgan fingerprint density at radius 3 is 2.77 bits per heavy atom. The molecule has 1 heterocycles. The maximum absolute atomic E-state index is 5.61. The van der Waals surface area contributed by atoms with Crippen LogP contribution < -0.4 is 10.6 Å². The van der Waals surface area contributed by atoms with Crippen molar-refractivity contribution >= 4 is 57.2 Å². The van der Waals surface area contributed by atoms with E-state index < -0.39 is 0 Å². The summed E-state index contributed by atoms with van der Waals surface area (Å²) in [6.45, 7) is 3.58. The molecule has 1 fully saturated rings. The van der Waals surface area contributed by atoms with Crippen molar-refractivity contribution in [1.29, 1.82) is 0 Å². The molecular formula is C15H25BrIN3OS. The Kier molecular flexibility index (Phi) is 10.7. The van der Waals surface area contributed by atoms with Gasteiger partial charge in [-0.3, -0.25) is 4.99 Å². The van der Waals surface area contributed by atoms with Gasteiger partial charge < -0.3 is 15.4 Å². The number of hydrogen-bond donors (Lipinski definition) is 2. The van der Waals surface area contributed by atoms with Crippen LogP contribution in [0.5, 0.6) is 0 Å². The molecule has 7 heteroatoms. The number of ether oxygens (including phenoxy) is 1. The molecule has 0 saturated heterocycles. The van der Waals surface area contributed by atoms with Gasteiger partial charge in [-0.2, -0.15) is 0 Å². The van der Waals surface area contributed by atoms with Gasteiger partial charge in [0.1, 0.15) is 0 Å². The number of rotatable bonds is 9. The van der Waals surface area contributed by atoms with Gasteiger partial charge in [0.15, 0.2) is 5.96 Å². The van der Waals surface area contributed by atoms with Crippen LogP contribution in [0.2, 0.25) is 0 Å². The minimum atomic E-state index is 0. The maximum Gasteiger partial charge on any atom is 0.190 e. The fraction of sp³-hybridized carbons (Fsp3) is 0.667. The second kappa shape index (κ2) is 11.6. The normalized spacial score (nSPS) is 14.5. The topological polar surface area (TPSA) is 45.7 Å². The van der Waals surface area contributed by atoms with Gasteiger partial charge in [0.05, 0.1) is 3.79 Å². The molecule has 0 unspecified atom stereocenters. The van der Waals surface area contributed by atoms with Crippen LogP contribution in [0.4, 0.5) is 0 Å². The molecule has 0 atom stereocenters. The van der Waals surface area contributed by atoms with Crippen molar-refractivity contribution in [2.45, 2.75) is 25.7 Å². The van der Waals surface area contributed by atoms with Crippen LogP contribution >= 0.6 is 51.2 Å². The molecule has 1 aliphatic carbocycles. The van der Waals surface area contributed by atoms with E-state index in [0.29, 0.717) is 0 Å². The van der Waals surface area contributed by atoms with Gasteiger partial charge in [0.2, 0.25) is 0 Å². The molecule has 0 radical (unpaired) electrons. The predicted octanol–water partition coefficient (Wildman–Crippen LogP) is 3.65. The molecule has 0 amide bonds. The Labute approximate surface area is 162 Å². The largest absolute Gasteiger partial charge is 0.381 e. The zero-order valence-electron chi connectivity index (χ0n) is 12.9. The molecule has 22 heavy (non-hydrogen) atoms. The lowest BCUT2D eigenvalue weighted by molar-refractivity contribution is 0.123. The highest BCUT2D eigenvalue weighted by Gasteiger charge is 2.20. The number of thiophene rings is 1. The molecule has 126 valence electrons. The summed E-state index contributed by atoms with van der Waals surface area (Å²) in [6, 6.07) is 4.25. The highest BCUT2D eigenvalue weighted by Crippen LogP contribution is 2.28. The molecule has 4 nitrogen and oxygen atoms in total. The molecule has 2 rings (SSSR count). The summed E-state index contributed by atoms with van der Waals surface area (Å²) in [5.74, 6) is 1.72. The molecule has 0 aliphatic heterocycles. The fourth-order valence-corrected chi connectivity index (χ4v) is 3.41. The van der Waals surface area contributed by atoms with Crippen molar-refractivity contribution in [2.75, 3.05) is 33.4 Å². The van der Waals surface area contributed by atoms with Crippen LogP contribution in [0.25, 0.3) is 0 Å². The monoisotopic (exact) mass is 501 g/mol. The lowest BCUT2D eigenvalue weighted by Crippen LogP contribution is -2.38. The lowest BCUT2D eigenvalue weighted by atomic mass is 10.3. The summed E-state index contributed by atoms with van der Waals surface area (Å²) >= 11 is 5.27. The average Bonchev–Trinajstić information content (AvgIpc) is 3.22. The first kappa shape index (κ1) is 20.2. The van der Waals surface area contributed by atoms with Crippen LogP contribution in [-0.4, -0.2) is 39.3 Å². The predicted molar refractivity (Wildman–Crippen MR) is 109 cm³/mol. The van der Waals surface area contributed by atoms with E-state index in [4.69, 9.17) is 4.74 Å². The smallest absolute Gasteiger partial charge is 0.190 e. The van der Waals surface area contributed by atoms with E-state index in [0.717, 1.165) is 51.0 Å². The standard InChI is InChI=1S/C15H24BrN3OS.HI/c1-17-15(18-8-2-10-20-11-12-3-4-12)19-9-7-13-5-6-14(16)21-13;/h5-6,12H,2-4,7-11H2,1H3,(H2,17,18,19);1H. The van der Waals surface area contributed by atoms with Crippen molar-refractivity contribution in [3.05, 3.63) is 20.8 Å². The molecule has 1 aromatic heterocycles. The van der Waals surface area contributed by atoms with E-state index in [1.807, 2.05) is 0 Å². The third-order valence-electron chi connectivity index (χ3n) is 3.32. The highest BCUT2D eigenvalue weighted by atomic mass is 127. The van der Waals surface area contributed by atoms with Crippen LogP contribution in [0.15, 0.2) is 20.9 Å². The van der Waals surface area contributed by atoms with Crippen LogP contribution in [0, 0.1) is 5.92 Å². The first-order valence-corrected chi connectivity index (χ1v) is 9.15. The summed E-state index contributed by atoms with van der Waals surface area (Å²) in [5, 5.41) is 6.65. The quantitative estimate of drug-likeness (QED) is 0.235. The number of guanidine groups is 1. The molecule has 0 aromatic carbocycles. The van der Waals surface area contributed by atoms with Crippen LogP contribution in [0.3, 0.4) is 0 Å². The van der Waals surface area contributed by atoms with Crippen LogP contribution in [-0.2, 0) is 11.2 Å². The van der Waals surface area contributed by atoms with Gasteiger partial charge in [-0.1, -0.05) is 0 Å². The van der Waals surface area contributed by atoms with Gasteiger partial charge >= 0.3 is 0 Å². The van der Waals surface area contributed by atoms with Crippen molar-refractivity contribution in [2.24, 2.45) is 10.9 Å². The fourth-order valence-electron chi connectivity index (χ4n) is 1.93. The highest BCUT2D eigenvalue weighted by molar-refractivity contribution is 14.0. The van der Waals surface area contributed by atoms with Gasteiger partial charge in [0, 0.05) is 38.2 Å². The summed E-state index contributed by atoms with van der Waals surface area (Å²) in [4.78, 5) is 5.60. The Morgan fingerprint density at radius 1 is 1.36 bits per heavy atom. The molecular weight excluding hydrogens is 477 g/mol. The Hall–Kier alpha value is 0.140. The van der Waals surface area contributed by atoms with E-state index in [2.05, 4.69) is 43.7 Å². The third-order valence-corrected chi connectivity index (χ3v) is 5.01. The van der Waals surface area contributed by atoms with Gasteiger partial charge in [-0.05, 0) is 59.7 Å². The average molecular weight is 502 g/mol. The van der Waals surface area contributed by atoms with Gasteiger partial charge in [-0.15, -0.1) is 35.3 Å². The third kappa shape index (κ3) is 8.69. The zero-order valence-corrected chi connectivity index (χ0v) is 17.7. The summed E-state index contributed by atoms with van der Waals surface area (Å²) in [5.41, 5.74) is 0. The second-order valence-corrected chi connectivity index (χ2v) is 7.80. The number of nitrogens with zero attached hydrogens (tertiary/aromatic N) is 1. The minimum absolute atomic E-state index is 0. The Morgan fingerprint density at radius 2 is 2.14 bits per heavy atom. The number of aliphatic imine (C=N–C) groups is 1. The number of nitrogens with one attached hydrogen (secondary N) is 2. The van der Waals surface area contributed by atoms with Crippen LogP contribution in [0.1, 0.15) is 24.1 Å². The number of hydrogen-bond acceptors (Lipinski definition) is 3. The first-order chi connectivity index (χ1) is 10.3. The Balaban J connectivity index is 0.00000242. The minimum Gasteiger partial charge on any atom is -0.381 e. The Bertz CT molecular complexity index is 452. The van der Waals surface area contributed by atoms with Crippen molar-refractivity contribution < 1.29 is 4.74 Å². The molecule has 1 aliphatic rings. The van der Waals surface area contributed by atoms with Gasteiger partial charge in [0.25, 0.3) is 0 Å². The summed E-state index contributed by atoms with van der Waals surface area (Å²) < 4.78 is 6.80. The van der Waals surface area contributed by atoms with E-state index in [1.54, 1.807) is 18.4 Å². The first-order valence-electron chi connectivity index (χ1n) is 7.54. The van der Waals surface area contributed by atoms with Gasteiger partial charge in [-0.25, -0.2) is 0 Å². The second-order valence-electron chi connectivity index (χ2n) is 5.25. The van der Waals surface area contributed by atoms with E-state index >= 15 is 0 Å². The summed E-state index contributed by atoms with van der Waals surface area (Å²) in [7, 11) is 1.81. The van der Waals surface area contributed by atoms with E-state index in [9.17, 15) is 0 Å². The molecule has 0 spiro atoms. The summed E-state index contributed by atoms with van der Waals surface area (Å²) in [6.07, 6.45) is 4.75. The maximum atomic E-state index is 5.61. The molecule has 1 saturated carbocycles. The van der Waals surface area contributed by atoms with E-state index in [-0.39, 0.29) is 24.0 Å². The molecule has 2 N–H and O–H groups in total. The molecule has 0 bridgehead atoms. The zero-order chi connectivity index (χ0) is 14.9. The lowest BCUT2D eigenvalue weighted by Gasteiger charge is -2.11. The van der Waals surface area contributed by atoms with E-state index in [1.165, 1.54) is 21.5 Å². The van der Waals surface area contributed by atoms with Crippen molar-refractivity contribution in [1.82, 2.24) is 10.6 Å². The van der Waals surface area contributed by atoms with Crippen molar-refractivity contribution in [3.63, 3.8) is 0 Å². The number of halogens is 2. The SMILES string of the molecule is CN=C(NCCCOCC1CC1)NCCc1ccc(Br)s1.I. The molecule has 1 aromatic rings.